The van der Waals surface area contributed by atoms with Crippen molar-refractivity contribution in [1.82, 2.24) is 0 Å². The van der Waals surface area contributed by atoms with Crippen molar-refractivity contribution in [1.29, 1.82) is 0 Å². The van der Waals surface area contributed by atoms with Gasteiger partial charge in [-0.3, -0.25) is 14.4 Å². The van der Waals surface area contributed by atoms with Crippen LogP contribution >= 0.6 is 0 Å². The van der Waals surface area contributed by atoms with Gasteiger partial charge < -0.3 is 24.8 Å². The van der Waals surface area contributed by atoms with Gasteiger partial charge in [-0.05, 0) is 63.0 Å². The molecule has 3 N–H and O–H groups in total. The highest BCUT2D eigenvalue weighted by atomic mass is 16.6. The lowest BCUT2D eigenvalue weighted by molar-refractivity contribution is -0.154. The SMILES string of the molecule is C=C/C(=C\C(=O)C[C@H](C)C[C@H](C)CC[C@@H](O)[C@H](C)C(=O)C[C@@H](O)[C@H](C)[C@H](C)OC(=O)C[C@H](O)C1=C(C)C(=O)OC1=O)CC. The molecule has 0 aromatic rings. The molecule has 0 radical (unpaired) electrons. The fourth-order valence-electron chi connectivity index (χ4n) is 5.10. The van der Waals surface area contributed by atoms with E-state index in [1.165, 1.54) is 13.8 Å². The lowest BCUT2D eigenvalue weighted by Gasteiger charge is -2.27. The Morgan fingerprint density at radius 3 is 2.07 bits per heavy atom. The first-order chi connectivity index (χ1) is 20.0. The number of carbonyl (C=O) groups excluding carboxylic acids is 5. The quantitative estimate of drug-likeness (QED) is 0.0800. The van der Waals surface area contributed by atoms with Crippen LogP contribution in [-0.2, 0) is 33.4 Å². The summed E-state index contributed by atoms with van der Waals surface area (Å²) in [6, 6.07) is 0. The predicted octanol–water partition coefficient (Wildman–Crippen LogP) is 3.95. The number of aliphatic hydroxyl groups excluding tert-OH is 3. The number of ketones is 2. The standard InChI is InChI=1S/C33H50O10/c1-9-24(10-2)15-25(34)14-19(4)13-18(3)11-12-26(35)21(6)28(37)16-27(36)20(5)23(8)42-30(39)17-29(38)31-22(7)32(40)43-33(31)41/h9,15,18-21,23,26-27,29,35-36,38H,1,10-14,16-17H2,2-8H3/b24-15+/t18-,19-,20-,21+,23+,26-,27-,29+/m1/s1. The minimum absolute atomic E-state index is 0.0736. The molecule has 242 valence electrons. The van der Waals surface area contributed by atoms with Crippen LogP contribution in [0.1, 0.15) is 93.4 Å². The van der Waals surface area contributed by atoms with Gasteiger partial charge in [-0.15, -0.1) is 0 Å². The van der Waals surface area contributed by atoms with Gasteiger partial charge in [0.15, 0.2) is 5.78 Å². The Kier molecular flexibility index (Phi) is 15.9. The summed E-state index contributed by atoms with van der Waals surface area (Å²) >= 11 is 0. The van der Waals surface area contributed by atoms with Crippen LogP contribution in [0.15, 0.2) is 35.5 Å². The summed E-state index contributed by atoms with van der Waals surface area (Å²) in [5.74, 6) is -3.91. The molecule has 0 aromatic carbocycles. The van der Waals surface area contributed by atoms with Gasteiger partial charge in [0.25, 0.3) is 0 Å². The van der Waals surface area contributed by atoms with E-state index in [2.05, 4.69) is 18.2 Å². The molecule has 0 fully saturated rings. The molecular formula is C33H50O10. The Hall–Kier alpha value is -2.95. The smallest absolute Gasteiger partial charge is 0.345 e. The van der Waals surface area contributed by atoms with Gasteiger partial charge in [0, 0.05) is 30.3 Å². The third-order valence-electron chi connectivity index (χ3n) is 8.30. The van der Waals surface area contributed by atoms with Crippen molar-refractivity contribution in [3.05, 3.63) is 35.5 Å². The van der Waals surface area contributed by atoms with Crippen molar-refractivity contribution in [2.24, 2.45) is 23.7 Å². The Bertz CT molecular complexity index is 1090. The average Bonchev–Trinajstić information content (AvgIpc) is 3.19. The van der Waals surface area contributed by atoms with E-state index in [4.69, 9.17) is 4.74 Å². The number of aliphatic hydroxyl groups is 3. The molecule has 0 amide bonds. The van der Waals surface area contributed by atoms with E-state index in [9.17, 15) is 39.3 Å². The second-order valence-corrected chi connectivity index (χ2v) is 12.1. The zero-order chi connectivity index (χ0) is 33.0. The summed E-state index contributed by atoms with van der Waals surface area (Å²) in [7, 11) is 0. The van der Waals surface area contributed by atoms with Crippen molar-refractivity contribution in [2.45, 2.75) is 118 Å². The average molecular weight is 607 g/mol. The van der Waals surface area contributed by atoms with E-state index >= 15 is 0 Å². The topological polar surface area (TPSA) is 164 Å². The number of esters is 3. The van der Waals surface area contributed by atoms with Crippen molar-refractivity contribution in [2.75, 3.05) is 0 Å². The second kappa shape index (κ2) is 18.0. The van der Waals surface area contributed by atoms with Crippen LogP contribution in [0.2, 0.25) is 0 Å². The second-order valence-electron chi connectivity index (χ2n) is 12.1. The van der Waals surface area contributed by atoms with Gasteiger partial charge in [0.1, 0.15) is 11.9 Å². The van der Waals surface area contributed by atoms with Crippen molar-refractivity contribution in [3.8, 4) is 0 Å². The molecule has 0 saturated heterocycles. The normalized spacial score (nSPS) is 19.5. The highest BCUT2D eigenvalue weighted by molar-refractivity contribution is 6.12. The van der Waals surface area contributed by atoms with Crippen molar-refractivity contribution < 1.29 is 48.8 Å². The molecule has 1 rings (SSSR count). The highest BCUT2D eigenvalue weighted by Gasteiger charge is 2.36. The monoisotopic (exact) mass is 606 g/mol. The maximum atomic E-state index is 12.8. The summed E-state index contributed by atoms with van der Waals surface area (Å²) in [6.45, 7) is 15.8. The summed E-state index contributed by atoms with van der Waals surface area (Å²) in [5.41, 5.74) is 0.552. The van der Waals surface area contributed by atoms with E-state index in [-0.39, 0.29) is 41.0 Å². The molecule has 1 heterocycles. The van der Waals surface area contributed by atoms with E-state index in [0.717, 1.165) is 18.4 Å². The van der Waals surface area contributed by atoms with Crippen LogP contribution in [0.4, 0.5) is 0 Å². The molecule has 0 unspecified atom stereocenters. The minimum Gasteiger partial charge on any atom is -0.462 e. The Labute approximate surface area is 255 Å². The fourth-order valence-corrected chi connectivity index (χ4v) is 5.10. The molecule has 1 aliphatic heterocycles. The third-order valence-corrected chi connectivity index (χ3v) is 8.30. The molecule has 0 aliphatic carbocycles. The van der Waals surface area contributed by atoms with Crippen LogP contribution in [0, 0.1) is 23.7 Å². The third kappa shape index (κ3) is 12.3. The van der Waals surface area contributed by atoms with Crippen LogP contribution in [0.5, 0.6) is 0 Å². The van der Waals surface area contributed by atoms with Crippen LogP contribution in [0.3, 0.4) is 0 Å². The summed E-state index contributed by atoms with van der Waals surface area (Å²) in [6.07, 6.45) is 1.16. The predicted molar refractivity (Wildman–Crippen MR) is 160 cm³/mol. The Morgan fingerprint density at radius 1 is 0.907 bits per heavy atom. The molecular weight excluding hydrogens is 556 g/mol. The van der Waals surface area contributed by atoms with Crippen molar-refractivity contribution >= 4 is 29.5 Å². The molecule has 1 aliphatic rings. The number of rotatable bonds is 20. The Balaban J connectivity index is 2.51. The first kappa shape index (κ1) is 38.1. The lowest BCUT2D eigenvalue weighted by atomic mass is 9.85. The van der Waals surface area contributed by atoms with Crippen molar-refractivity contribution in [3.63, 3.8) is 0 Å². The van der Waals surface area contributed by atoms with Gasteiger partial charge >= 0.3 is 17.9 Å². The van der Waals surface area contributed by atoms with Crippen LogP contribution < -0.4 is 0 Å². The molecule has 10 nitrogen and oxygen atoms in total. The number of allylic oxidation sites excluding steroid dienone is 3. The zero-order valence-electron chi connectivity index (χ0n) is 26.6. The molecule has 10 heteroatoms. The number of cyclic esters (lactones) is 2. The first-order valence-corrected chi connectivity index (χ1v) is 15.1. The van der Waals surface area contributed by atoms with E-state index < -0.39 is 60.6 Å². The number of ether oxygens (including phenoxy) is 2. The lowest BCUT2D eigenvalue weighted by Crippen LogP contribution is -2.36. The van der Waals surface area contributed by atoms with Gasteiger partial charge in [-0.2, -0.15) is 0 Å². The number of Topliss-reactive ketones (excluding diaryl/α,β-unsaturated/α-hetero) is 1. The van der Waals surface area contributed by atoms with E-state index in [0.29, 0.717) is 19.3 Å². The summed E-state index contributed by atoms with van der Waals surface area (Å²) in [4.78, 5) is 60.6. The van der Waals surface area contributed by atoms with E-state index in [1.54, 1.807) is 26.0 Å². The fraction of sp³-hybridized carbons (Fsp3) is 0.667. The number of hydrogen-bond donors (Lipinski definition) is 3. The minimum atomic E-state index is -1.58. The van der Waals surface area contributed by atoms with Gasteiger partial charge in [0.2, 0.25) is 0 Å². The largest absolute Gasteiger partial charge is 0.462 e. The van der Waals surface area contributed by atoms with Crippen LogP contribution in [0.25, 0.3) is 0 Å². The van der Waals surface area contributed by atoms with E-state index in [1.807, 2.05) is 13.8 Å². The molecule has 8 atom stereocenters. The van der Waals surface area contributed by atoms with Gasteiger partial charge in [-0.25, -0.2) is 9.59 Å². The van der Waals surface area contributed by atoms with Gasteiger partial charge in [0.05, 0.1) is 30.3 Å². The molecule has 0 bridgehead atoms. The zero-order valence-corrected chi connectivity index (χ0v) is 26.6. The van der Waals surface area contributed by atoms with Gasteiger partial charge in [-0.1, -0.05) is 47.3 Å². The molecule has 0 saturated carbocycles. The maximum Gasteiger partial charge on any atom is 0.345 e. The Morgan fingerprint density at radius 2 is 1.53 bits per heavy atom. The summed E-state index contributed by atoms with van der Waals surface area (Å²) in [5, 5.41) is 31.5. The first-order valence-electron chi connectivity index (χ1n) is 15.1. The molecule has 0 spiro atoms. The maximum absolute atomic E-state index is 12.8. The van der Waals surface area contributed by atoms with Crippen LogP contribution in [-0.4, -0.2) is 69.2 Å². The highest BCUT2D eigenvalue weighted by Crippen LogP contribution is 2.25. The molecule has 0 aromatic heterocycles. The summed E-state index contributed by atoms with van der Waals surface area (Å²) < 4.78 is 9.71. The number of carbonyl (C=O) groups is 5. The molecule has 43 heavy (non-hydrogen) atoms. The number of hydrogen-bond acceptors (Lipinski definition) is 10.